The van der Waals surface area contributed by atoms with E-state index in [0.717, 1.165) is 33.4 Å². The third kappa shape index (κ3) is 12.2. The van der Waals surface area contributed by atoms with E-state index >= 15 is 0 Å². The number of rotatable bonds is 24. The number of pyridine rings is 1. The maximum atomic E-state index is 14.8. The molecular weight excluding hydrogens is 1180 g/mol. The van der Waals surface area contributed by atoms with Crippen LogP contribution in [0.1, 0.15) is 50.9 Å². The Morgan fingerprint density at radius 2 is 1.48 bits per heavy atom. The number of carboxylic acid groups (broad SMARTS) is 1. The van der Waals surface area contributed by atoms with Crippen LogP contribution in [0.4, 0.5) is 5.13 Å². The number of aromatic nitrogens is 7. The molecule has 24 heteroatoms. The molecule has 21 nitrogen and oxygen atoms in total. The number of aliphatic carboxylic acids is 1. The zero-order valence-corrected chi connectivity index (χ0v) is 49.4. The molecule has 1 fully saturated rings. The quantitative estimate of drug-likeness (QED) is 0.00967. The number of fused-ring (bicyclic) bond motifs is 1. The predicted octanol–water partition coefficient (Wildman–Crippen LogP) is 9.57. The number of oxime groups is 1. The molecule has 0 unspecified atom stereocenters. The molecule has 3 N–H and O–H groups in total. The largest absolute Gasteiger partial charge is 0.618 e. The number of ether oxygens (including phenoxy) is 3. The zero-order valence-electron chi connectivity index (χ0n) is 47.0. The van der Waals surface area contributed by atoms with Crippen LogP contribution in [-0.2, 0) is 45.0 Å². The first kappa shape index (κ1) is 58.1. The van der Waals surface area contributed by atoms with Crippen molar-refractivity contribution in [1.82, 2.24) is 40.6 Å². The van der Waals surface area contributed by atoms with E-state index in [1.54, 1.807) is 19.5 Å². The third-order valence-electron chi connectivity index (χ3n) is 14.5. The van der Waals surface area contributed by atoms with E-state index in [1.165, 1.54) is 62.8 Å². The highest BCUT2D eigenvalue weighted by atomic mass is 32.2. The van der Waals surface area contributed by atoms with Gasteiger partial charge in [-0.25, -0.2) is 14.5 Å². The molecule has 0 spiro atoms. The third-order valence-corrected chi connectivity index (χ3v) is 17.7. The van der Waals surface area contributed by atoms with Crippen LogP contribution in [0.3, 0.4) is 0 Å². The molecule has 12 rings (SSSR count). The maximum absolute atomic E-state index is 14.8. The summed E-state index contributed by atoms with van der Waals surface area (Å²) in [5.74, 6) is -1.08. The standard InChI is InChI=1S/C64H53N11O10S3/c1-73-63(68-71-72-73)88-38-43-37-86-60-55(59(77)75(60)56(43)61(78)79)66-58(76)54(50-39-87-62(65-50)67-64(44-22-12-5-13-23-44,45-24-14-6-15-25-45)46-26-16-7-17-27-46)70-83-36-48-32-49(69-85-48)51-33-52(53(34-74(51)80)82-35-40-28-30-47(81-2)31-29-40)84-57(41-18-8-3-9-19-41)42-20-10-4-11-21-42/h3-34,39,55,57,60H,35-38H2,1-2H3,(H,65,67)(H,66,76)(H,78,79)/b70-54-/t55-,60-/m1/s1. The van der Waals surface area contributed by atoms with E-state index in [4.69, 9.17) is 28.6 Å². The second-order valence-corrected chi connectivity index (χ2v) is 23.0. The summed E-state index contributed by atoms with van der Waals surface area (Å²) in [6.07, 6.45) is 0.657. The summed E-state index contributed by atoms with van der Waals surface area (Å²) in [6.45, 7) is -0.287. The number of carboxylic acids is 1. The van der Waals surface area contributed by atoms with Gasteiger partial charge in [0.1, 0.15) is 46.8 Å². The summed E-state index contributed by atoms with van der Waals surface area (Å²) < 4.78 is 26.3. The van der Waals surface area contributed by atoms with Crippen molar-refractivity contribution in [3.63, 3.8) is 0 Å². The highest BCUT2D eigenvalue weighted by molar-refractivity contribution is 8.01. The van der Waals surface area contributed by atoms with Crippen molar-refractivity contribution in [2.24, 2.45) is 12.2 Å². The predicted molar refractivity (Wildman–Crippen MR) is 329 cm³/mol. The number of benzene rings is 6. The lowest BCUT2D eigenvalue weighted by Crippen LogP contribution is -2.71. The van der Waals surface area contributed by atoms with E-state index in [2.05, 4.69) is 36.5 Å². The van der Waals surface area contributed by atoms with Crippen molar-refractivity contribution in [3.8, 4) is 28.6 Å². The van der Waals surface area contributed by atoms with E-state index in [9.17, 15) is 24.7 Å². The Morgan fingerprint density at radius 1 is 0.852 bits per heavy atom. The molecule has 4 aromatic heterocycles. The molecule has 442 valence electrons. The molecule has 6 heterocycles. The van der Waals surface area contributed by atoms with Crippen LogP contribution in [0.2, 0.25) is 0 Å². The Hall–Kier alpha value is -10.3. The van der Waals surface area contributed by atoms with Crippen LogP contribution < -0.4 is 29.6 Å². The lowest BCUT2D eigenvalue weighted by atomic mass is 9.77. The Bertz CT molecular complexity index is 4020. The molecule has 88 heavy (non-hydrogen) atoms. The van der Waals surface area contributed by atoms with Crippen molar-refractivity contribution >= 4 is 63.5 Å². The summed E-state index contributed by atoms with van der Waals surface area (Å²) in [6, 6.07) is 58.4. The van der Waals surface area contributed by atoms with E-state index in [-0.39, 0.29) is 70.5 Å². The summed E-state index contributed by atoms with van der Waals surface area (Å²) in [5, 5.41) is 52.9. The van der Waals surface area contributed by atoms with Crippen molar-refractivity contribution in [1.29, 1.82) is 0 Å². The molecular formula is C64H53N11O10S3. The fraction of sp³-hybridized carbons (Fsp3) is 0.156. The first-order valence-corrected chi connectivity index (χ1v) is 30.4. The van der Waals surface area contributed by atoms with Crippen molar-refractivity contribution in [2.75, 3.05) is 23.9 Å². The minimum Gasteiger partial charge on any atom is -0.618 e. The number of thioether (sulfide) groups is 2. The Kier molecular flexibility index (Phi) is 17.2. The average Bonchev–Trinajstić information content (AvgIpc) is 1.03. The Balaban J connectivity index is 0.849. The smallest absolute Gasteiger partial charge is 0.352 e. The van der Waals surface area contributed by atoms with Gasteiger partial charge in [-0.05, 0) is 61.5 Å². The SMILES string of the molecule is COc1ccc(COc2c[n+]([O-])c(-c3cc(CO/N=C(\C(=O)N[C@@H]4C(=O)N5C(C(=O)O)=C(CSc6nnnn6C)CS[C@H]45)c4csc(NC(c5ccccc5)(c5ccccc5)c5ccccc5)n4)on3)cc2OC(c2ccccc2)c2ccccc2)cc1. The lowest BCUT2D eigenvalue weighted by Gasteiger charge is -2.49. The van der Waals surface area contributed by atoms with Gasteiger partial charge in [-0.2, -0.15) is 4.73 Å². The summed E-state index contributed by atoms with van der Waals surface area (Å²) >= 11 is 3.77. The summed E-state index contributed by atoms with van der Waals surface area (Å²) in [4.78, 5) is 53.8. The van der Waals surface area contributed by atoms with Gasteiger partial charge in [-0.15, -0.1) is 28.2 Å². The number of carbonyl (C=O) groups is 3. The van der Waals surface area contributed by atoms with Gasteiger partial charge in [0.15, 0.2) is 34.7 Å². The number of nitrogens with one attached hydrogen (secondary N) is 2. The minimum absolute atomic E-state index is 0.0552. The number of methoxy groups -OCH3 is 1. The molecule has 0 bridgehead atoms. The van der Waals surface area contributed by atoms with Crippen LogP contribution in [0.5, 0.6) is 17.2 Å². The van der Waals surface area contributed by atoms with Gasteiger partial charge >= 0.3 is 5.97 Å². The molecule has 2 amide bonds. The fourth-order valence-corrected chi connectivity index (χ4v) is 13.3. The van der Waals surface area contributed by atoms with Gasteiger partial charge < -0.3 is 44.5 Å². The number of tetrazole rings is 1. The van der Waals surface area contributed by atoms with E-state index in [1.807, 2.05) is 176 Å². The molecule has 0 aliphatic carbocycles. The molecule has 2 aliphatic heterocycles. The summed E-state index contributed by atoms with van der Waals surface area (Å²) in [7, 11) is 3.26. The van der Waals surface area contributed by atoms with Crippen molar-refractivity contribution in [3.05, 3.63) is 261 Å². The number of nitrogens with zero attached hydrogens (tertiary/aromatic N) is 9. The number of β-lactam (4-membered cyclic amide) rings is 1. The second kappa shape index (κ2) is 26.1. The van der Waals surface area contributed by atoms with Gasteiger partial charge in [0.05, 0.1) is 13.2 Å². The van der Waals surface area contributed by atoms with Gasteiger partial charge in [-0.3, -0.25) is 14.5 Å². The van der Waals surface area contributed by atoms with Crippen LogP contribution >= 0.6 is 34.9 Å². The molecule has 2 atom stereocenters. The number of hydrogen-bond donors (Lipinski definition) is 3. The van der Waals surface area contributed by atoms with Gasteiger partial charge in [0.2, 0.25) is 22.8 Å². The van der Waals surface area contributed by atoms with E-state index in [0.29, 0.717) is 26.3 Å². The number of hydrogen-bond acceptors (Lipinski definition) is 19. The number of carbonyl (C=O) groups excluding carboxylic acids is 2. The van der Waals surface area contributed by atoms with Gasteiger partial charge in [-0.1, -0.05) is 186 Å². The average molecular weight is 1230 g/mol. The van der Waals surface area contributed by atoms with Crippen molar-refractivity contribution < 1.29 is 47.8 Å². The normalized spacial score (nSPS) is 14.9. The zero-order chi connectivity index (χ0) is 60.6. The first-order valence-electron chi connectivity index (χ1n) is 27.5. The molecule has 10 aromatic rings. The van der Waals surface area contributed by atoms with Crippen LogP contribution in [0, 0.1) is 5.21 Å². The highest BCUT2D eigenvalue weighted by Crippen LogP contribution is 2.44. The van der Waals surface area contributed by atoms with Crippen molar-refractivity contribution in [2.45, 2.75) is 41.4 Å². The highest BCUT2D eigenvalue weighted by Gasteiger charge is 2.54. The van der Waals surface area contributed by atoms with Crippen LogP contribution in [0.15, 0.2) is 226 Å². The monoisotopic (exact) mass is 1230 g/mol. The second-order valence-electron chi connectivity index (χ2n) is 20.1. The fourth-order valence-electron chi connectivity index (χ4n) is 10.2. The molecule has 6 aromatic carbocycles. The number of thiazole rings is 1. The molecule has 0 radical (unpaired) electrons. The number of anilines is 1. The first-order chi connectivity index (χ1) is 43.0. The van der Waals surface area contributed by atoms with Crippen LogP contribution in [0.25, 0.3) is 11.4 Å². The lowest BCUT2D eigenvalue weighted by molar-refractivity contribution is -0.594. The molecule has 0 saturated carbocycles. The maximum Gasteiger partial charge on any atom is 0.352 e. The number of amides is 2. The Labute approximate surface area is 516 Å². The van der Waals surface area contributed by atoms with Crippen LogP contribution in [-0.4, -0.2) is 93.9 Å². The van der Waals surface area contributed by atoms with E-state index < -0.39 is 40.8 Å². The van der Waals surface area contributed by atoms with Gasteiger partial charge in [0.25, 0.3) is 11.8 Å². The number of aryl methyl sites for hydroxylation is 1. The molecule has 2 aliphatic rings. The molecule has 1 saturated heterocycles. The summed E-state index contributed by atoms with van der Waals surface area (Å²) in [5.41, 5.74) is 4.57. The Morgan fingerprint density at radius 3 is 2.07 bits per heavy atom. The minimum atomic E-state index is -1.29. The van der Waals surface area contributed by atoms with Gasteiger partial charge in [0, 0.05) is 30.0 Å². The topological polar surface area (TPSA) is 257 Å².